The van der Waals surface area contributed by atoms with E-state index in [0.29, 0.717) is 12.1 Å². The molecule has 0 spiro atoms. The highest BCUT2D eigenvalue weighted by Gasteiger charge is 2.21. The van der Waals surface area contributed by atoms with Gasteiger partial charge in [0, 0.05) is 42.7 Å². The second-order valence-corrected chi connectivity index (χ2v) is 6.09. The van der Waals surface area contributed by atoms with Crippen LogP contribution in [0.3, 0.4) is 0 Å². The molecule has 19 heavy (non-hydrogen) atoms. The van der Waals surface area contributed by atoms with Crippen LogP contribution in [0.25, 0.3) is 0 Å². The van der Waals surface area contributed by atoms with E-state index < -0.39 is 0 Å². The van der Waals surface area contributed by atoms with Gasteiger partial charge in [-0.15, -0.1) is 0 Å². The number of hydrogen-bond donors (Lipinski definition) is 2. The Hall–Kier alpha value is -0.420. The zero-order chi connectivity index (χ0) is 13.7. The van der Waals surface area contributed by atoms with E-state index in [1.54, 1.807) is 0 Å². The minimum absolute atomic E-state index is 0.403. The van der Waals surface area contributed by atoms with Crippen LogP contribution in [0.2, 0.25) is 0 Å². The Balaban J connectivity index is 2.00. The first-order valence-corrected chi connectivity index (χ1v) is 7.88. The zero-order valence-electron chi connectivity index (χ0n) is 11.8. The number of hydrogen-bond acceptors (Lipinski definition) is 3. The van der Waals surface area contributed by atoms with Gasteiger partial charge in [0.1, 0.15) is 0 Å². The monoisotopic (exact) mass is 325 g/mol. The van der Waals surface area contributed by atoms with Crippen molar-refractivity contribution < 1.29 is 0 Å². The SMILES string of the molecule is CNC(CC(C)N1CCNCC1)c1ccccc1Br. The standard InChI is InChI=1S/C15H24BrN3/c1-12(19-9-7-18-8-10-19)11-15(17-2)13-5-3-4-6-14(13)16/h3-6,12,15,17-18H,7-11H2,1-2H3. The van der Waals surface area contributed by atoms with E-state index in [1.807, 2.05) is 0 Å². The lowest BCUT2D eigenvalue weighted by Crippen LogP contribution is -2.48. The van der Waals surface area contributed by atoms with Crippen LogP contribution in [0, 0.1) is 0 Å². The lowest BCUT2D eigenvalue weighted by atomic mass is 9.99. The minimum Gasteiger partial charge on any atom is -0.314 e. The Bertz CT molecular complexity index is 391. The number of halogens is 1. The van der Waals surface area contributed by atoms with E-state index in [2.05, 4.69) is 69.7 Å². The minimum atomic E-state index is 0.403. The summed E-state index contributed by atoms with van der Waals surface area (Å²) in [7, 11) is 2.05. The van der Waals surface area contributed by atoms with E-state index in [9.17, 15) is 0 Å². The van der Waals surface area contributed by atoms with Gasteiger partial charge in [-0.1, -0.05) is 34.1 Å². The number of nitrogens with zero attached hydrogens (tertiary/aromatic N) is 1. The third-order valence-electron chi connectivity index (χ3n) is 3.98. The van der Waals surface area contributed by atoms with Gasteiger partial charge in [0.2, 0.25) is 0 Å². The Kier molecular flexibility index (Phi) is 5.82. The summed E-state index contributed by atoms with van der Waals surface area (Å²) >= 11 is 3.66. The van der Waals surface area contributed by atoms with Crippen molar-refractivity contribution in [2.75, 3.05) is 33.2 Å². The van der Waals surface area contributed by atoms with E-state index >= 15 is 0 Å². The highest BCUT2D eigenvalue weighted by atomic mass is 79.9. The molecule has 2 N–H and O–H groups in total. The number of benzene rings is 1. The van der Waals surface area contributed by atoms with Gasteiger partial charge in [-0.25, -0.2) is 0 Å². The molecular formula is C15H24BrN3. The second-order valence-electron chi connectivity index (χ2n) is 5.23. The van der Waals surface area contributed by atoms with Crippen molar-refractivity contribution in [3.63, 3.8) is 0 Å². The fourth-order valence-electron chi connectivity index (χ4n) is 2.77. The molecule has 2 unspecified atom stereocenters. The third kappa shape index (κ3) is 4.02. The molecule has 2 atom stereocenters. The van der Waals surface area contributed by atoms with Gasteiger partial charge >= 0.3 is 0 Å². The van der Waals surface area contributed by atoms with Gasteiger partial charge in [-0.05, 0) is 32.0 Å². The third-order valence-corrected chi connectivity index (χ3v) is 4.70. The van der Waals surface area contributed by atoms with Crippen molar-refractivity contribution in [2.45, 2.75) is 25.4 Å². The summed E-state index contributed by atoms with van der Waals surface area (Å²) < 4.78 is 1.20. The van der Waals surface area contributed by atoms with Gasteiger partial charge in [-0.3, -0.25) is 4.90 Å². The molecule has 1 aliphatic heterocycles. The molecule has 106 valence electrons. The highest BCUT2D eigenvalue weighted by Crippen LogP contribution is 2.27. The number of rotatable bonds is 5. The highest BCUT2D eigenvalue weighted by molar-refractivity contribution is 9.10. The molecule has 0 bridgehead atoms. The van der Waals surface area contributed by atoms with Crippen molar-refractivity contribution >= 4 is 15.9 Å². The topological polar surface area (TPSA) is 27.3 Å². The maximum absolute atomic E-state index is 3.66. The molecule has 1 aliphatic rings. The van der Waals surface area contributed by atoms with Crippen LogP contribution in [-0.4, -0.2) is 44.2 Å². The Morgan fingerprint density at radius 2 is 2.00 bits per heavy atom. The normalized spacial score (nSPS) is 20.2. The average Bonchev–Trinajstić information content (AvgIpc) is 2.46. The van der Waals surface area contributed by atoms with Gasteiger partial charge in [0.05, 0.1) is 0 Å². The van der Waals surface area contributed by atoms with Gasteiger partial charge in [0.25, 0.3) is 0 Å². The molecule has 1 aromatic rings. The summed E-state index contributed by atoms with van der Waals surface area (Å²) in [5.41, 5.74) is 1.35. The molecular weight excluding hydrogens is 302 g/mol. The van der Waals surface area contributed by atoms with Crippen molar-refractivity contribution in [3.05, 3.63) is 34.3 Å². The summed E-state index contributed by atoms with van der Waals surface area (Å²) in [5.74, 6) is 0. The molecule has 0 aromatic heterocycles. The van der Waals surface area contributed by atoms with E-state index in [4.69, 9.17) is 0 Å². The van der Waals surface area contributed by atoms with E-state index in [1.165, 1.54) is 10.0 Å². The summed E-state index contributed by atoms with van der Waals surface area (Å²) in [5, 5.41) is 6.87. The molecule has 2 rings (SSSR count). The predicted molar refractivity (Wildman–Crippen MR) is 84.5 cm³/mol. The Morgan fingerprint density at radius 1 is 1.32 bits per heavy atom. The van der Waals surface area contributed by atoms with Crippen LogP contribution in [0.1, 0.15) is 24.9 Å². The van der Waals surface area contributed by atoms with Crippen LogP contribution in [-0.2, 0) is 0 Å². The fraction of sp³-hybridized carbons (Fsp3) is 0.600. The first kappa shape index (κ1) is 15.0. The first-order chi connectivity index (χ1) is 9.22. The lowest BCUT2D eigenvalue weighted by Gasteiger charge is -2.35. The number of nitrogens with one attached hydrogen (secondary N) is 2. The summed E-state index contributed by atoms with van der Waals surface area (Å²) in [6.45, 7) is 6.89. The smallest absolute Gasteiger partial charge is 0.0343 e. The summed E-state index contributed by atoms with van der Waals surface area (Å²) in [4.78, 5) is 2.58. The van der Waals surface area contributed by atoms with Crippen LogP contribution in [0.4, 0.5) is 0 Å². The Labute approximate surface area is 124 Å². The molecule has 1 heterocycles. The van der Waals surface area contributed by atoms with Gasteiger partial charge in [0.15, 0.2) is 0 Å². The van der Waals surface area contributed by atoms with Gasteiger partial charge in [-0.2, -0.15) is 0 Å². The van der Waals surface area contributed by atoms with Gasteiger partial charge < -0.3 is 10.6 Å². The maximum Gasteiger partial charge on any atom is 0.0343 e. The van der Waals surface area contributed by atoms with Crippen LogP contribution < -0.4 is 10.6 Å². The summed E-state index contributed by atoms with van der Waals surface area (Å²) in [6, 6.07) is 9.51. The quantitative estimate of drug-likeness (QED) is 0.870. The van der Waals surface area contributed by atoms with Crippen molar-refractivity contribution in [3.8, 4) is 0 Å². The second kappa shape index (κ2) is 7.39. The molecule has 1 fully saturated rings. The van der Waals surface area contributed by atoms with Crippen LogP contribution in [0.15, 0.2) is 28.7 Å². The first-order valence-electron chi connectivity index (χ1n) is 7.09. The molecule has 4 heteroatoms. The van der Waals surface area contributed by atoms with Crippen molar-refractivity contribution in [1.82, 2.24) is 15.5 Å². The summed E-state index contributed by atoms with van der Waals surface area (Å²) in [6.07, 6.45) is 1.14. The molecule has 0 radical (unpaired) electrons. The van der Waals surface area contributed by atoms with E-state index in [0.717, 1.165) is 32.6 Å². The van der Waals surface area contributed by atoms with Crippen molar-refractivity contribution in [2.24, 2.45) is 0 Å². The lowest BCUT2D eigenvalue weighted by molar-refractivity contribution is 0.166. The van der Waals surface area contributed by atoms with Crippen LogP contribution in [0.5, 0.6) is 0 Å². The molecule has 0 aliphatic carbocycles. The molecule has 1 aromatic carbocycles. The largest absolute Gasteiger partial charge is 0.314 e. The average molecular weight is 326 g/mol. The van der Waals surface area contributed by atoms with E-state index in [-0.39, 0.29) is 0 Å². The van der Waals surface area contributed by atoms with Crippen molar-refractivity contribution in [1.29, 1.82) is 0 Å². The maximum atomic E-state index is 3.66. The Morgan fingerprint density at radius 3 is 2.63 bits per heavy atom. The molecule has 1 saturated heterocycles. The number of piperazine rings is 1. The predicted octanol–water partition coefficient (Wildman–Crippen LogP) is 2.39. The molecule has 0 saturated carbocycles. The van der Waals surface area contributed by atoms with Crippen LogP contribution >= 0.6 is 15.9 Å². The molecule has 0 amide bonds. The molecule has 3 nitrogen and oxygen atoms in total. The fourth-order valence-corrected chi connectivity index (χ4v) is 3.33. The zero-order valence-corrected chi connectivity index (χ0v) is 13.4.